The lowest BCUT2D eigenvalue weighted by molar-refractivity contribution is 0.0694. The fourth-order valence-electron chi connectivity index (χ4n) is 2.06. The van der Waals surface area contributed by atoms with E-state index in [0.717, 1.165) is 6.42 Å². The molecule has 0 unspecified atom stereocenters. The molecule has 0 saturated heterocycles. The average Bonchev–Trinajstić information content (AvgIpc) is 2.43. The Morgan fingerprint density at radius 1 is 1.32 bits per heavy atom. The number of carboxylic acids is 1. The van der Waals surface area contributed by atoms with Crippen LogP contribution in [-0.4, -0.2) is 22.7 Å². The molecule has 0 amide bonds. The molecule has 1 N–H and O–H groups in total. The number of aromatic carboxylic acids is 1. The van der Waals surface area contributed by atoms with Gasteiger partial charge in [0.2, 0.25) is 0 Å². The Hall–Kier alpha value is -2.10. The molecule has 0 atom stereocenters. The second kappa shape index (κ2) is 5.69. The van der Waals surface area contributed by atoms with Crippen molar-refractivity contribution in [3.8, 4) is 5.75 Å². The number of benzene rings is 1. The van der Waals surface area contributed by atoms with Crippen molar-refractivity contribution in [2.75, 3.05) is 6.61 Å². The number of hydrogen-bond acceptors (Lipinski definition) is 3. The summed E-state index contributed by atoms with van der Waals surface area (Å²) in [5.74, 6) is -0.560. The fraction of sp³-hybridized carbons (Fsp3) is 0.333. The van der Waals surface area contributed by atoms with Gasteiger partial charge in [0, 0.05) is 5.39 Å². The number of hydrogen-bond donors (Lipinski definition) is 1. The molecule has 0 fully saturated rings. The van der Waals surface area contributed by atoms with Crippen molar-refractivity contribution in [3.63, 3.8) is 0 Å². The van der Waals surface area contributed by atoms with Crippen molar-refractivity contribution in [3.05, 3.63) is 35.5 Å². The Morgan fingerprint density at radius 2 is 2.05 bits per heavy atom. The zero-order valence-corrected chi connectivity index (χ0v) is 11.1. The van der Waals surface area contributed by atoms with Crippen LogP contribution in [0.1, 0.15) is 36.3 Å². The van der Waals surface area contributed by atoms with Crippen LogP contribution in [-0.2, 0) is 6.42 Å². The highest BCUT2D eigenvalue weighted by molar-refractivity contribution is 6.05. The number of carboxylic acid groups (broad SMARTS) is 1. The number of para-hydroxylation sites is 1. The van der Waals surface area contributed by atoms with Crippen molar-refractivity contribution in [1.29, 1.82) is 0 Å². The summed E-state index contributed by atoms with van der Waals surface area (Å²) >= 11 is 0. The highest BCUT2D eigenvalue weighted by Crippen LogP contribution is 2.30. The molecule has 4 nitrogen and oxygen atoms in total. The van der Waals surface area contributed by atoms with Crippen LogP contribution in [0.15, 0.2) is 24.3 Å². The van der Waals surface area contributed by atoms with Gasteiger partial charge in [0.15, 0.2) is 5.75 Å². The second-order valence-corrected chi connectivity index (χ2v) is 4.29. The summed E-state index contributed by atoms with van der Waals surface area (Å²) in [5.41, 5.74) is 1.61. The van der Waals surface area contributed by atoms with Gasteiger partial charge in [-0.3, -0.25) is 0 Å². The van der Waals surface area contributed by atoms with Crippen molar-refractivity contribution in [1.82, 2.24) is 4.98 Å². The molecule has 0 aliphatic rings. The summed E-state index contributed by atoms with van der Waals surface area (Å²) < 4.78 is 5.63. The molecule has 0 saturated carbocycles. The van der Waals surface area contributed by atoms with E-state index in [9.17, 15) is 9.90 Å². The van der Waals surface area contributed by atoms with Crippen LogP contribution >= 0.6 is 0 Å². The van der Waals surface area contributed by atoms with E-state index < -0.39 is 5.97 Å². The number of rotatable bonds is 5. The molecule has 0 spiro atoms. The molecule has 1 aromatic heterocycles. The SMILES string of the molecule is CCCOc1c(CC)nc2ccccc2c1C(=O)O. The van der Waals surface area contributed by atoms with Crippen LogP contribution in [0, 0.1) is 0 Å². The maximum Gasteiger partial charge on any atom is 0.340 e. The summed E-state index contributed by atoms with van der Waals surface area (Å²) in [4.78, 5) is 16.1. The Balaban J connectivity index is 2.73. The van der Waals surface area contributed by atoms with Gasteiger partial charge in [-0.25, -0.2) is 9.78 Å². The lowest BCUT2D eigenvalue weighted by atomic mass is 10.1. The van der Waals surface area contributed by atoms with Crippen molar-refractivity contribution in [2.45, 2.75) is 26.7 Å². The van der Waals surface area contributed by atoms with E-state index >= 15 is 0 Å². The van der Waals surface area contributed by atoms with Gasteiger partial charge in [-0.15, -0.1) is 0 Å². The standard InChI is InChI=1S/C15H17NO3/c1-3-9-19-14-11(4-2)16-12-8-6-5-7-10(12)13(14)15(17)18/h5-8H,3-4,9H2,1-2H3,(H,17,18). The third-order valence-corrected chi connectivity index (χ3v) is 2.92. The first-order chi connectivity index (χ1) is 9.19. The summed E-state index contributed by atoms with van der Waals surface area (Å²) in [5, 5.41) is 10.1. The van der Waals surface area contributed by atoms with Crippen LogP contribution in [0.3, 0.4) is 0 Å². The minimum absolute atomic E-state index is 0.218. The first kappa shape index (κ1) is 13.3. The Labute approximate surface area is 112 Å². The first-order valence-electron chi connectivity index (χ1n) is 6.46. The first-order valence-corrected chi connectivity index (χ1v) is 6.46. The molecular weight excluding hydrogens is 242 g/mol. The van der Waals surface area contributed by atoms with Crippen LogP contribution in [0.4, 0.5) is 0 Å². The van der Waals surface area contributed by atoms with Crippen molar-refractivity contribution < 1.29 is 14.6 Å². The maximum atomic E-state index is 11.6. The summed E-state index contributed by atoms with van der Waals surface area (Å²) in [6.07, 6.45) is 1.47. The predicted molar refractivity (Wildman–Crippen MR) is 73.9 cm³/mol. The third kappa shape index (κ3) is 2.52. The number of nitrogens with zero attached hydrogens (tertiary/aromatic N) is 1. The van der Waals surface area contributed by atoms with Gasteiger partial charge in [0.1, 0.15) is 5.56 Å². The van der Waals surface area contributed by atoms with Crippen molar-refractivity contribution in [2.24, 2.45) is 0 Å². The van der Waals surface area contributed by atoms with Crippen LogP contribution in [0.25, 0.3) is 10.9 Å². The van der Waals surface area contributed by atoms with Gasteiger partial charge < -0.3 is 9.84 Å². The van der Waals surface area contributed by atoms with Crippen LogP contribution < -0.4 is 4.74 Å². The molecule has 0 radical (unpaired) electrons. The molecular formula is C15H17NO3. The smallest absolute Gasteiger partial charge is 0.340 e. The van der Waals surface area contributed by atoms with Gasteiger partial charge in [0.25, 0.3) is 0 Å². The molecule has 19 heavy (non-hydrogen) atoms. The Kier molecular flexibility index (Phi) is 4.00. The van der Waals surface area contributed by atoms with Crippen molar-refractivity contribution >= 4 is 16.9 Å². The molecule has 2 rings (SSSR count). The van der Waals surface area contributed by atoms with Gasteiger partial charge in [-0.05, 0) is 18.9 Å². The van der Waals surface area contributed by atoms with E-state index in [1.54, 1.807) is 6.07 Å². The Bertz CT molecular complexity index is 608. The zero-order valence-electron chi connectivity index (χ0n) is 11.1. The average molecular weight is 259 g/mol. The number of aryl methyl sites for hydroxylation is 1. The summed E-state index contributed by atoms with van der Waals surface area (Å²) in [7, 11) is 0. The molecule has 1 aromatic carbocycles. The summed E-state index contributed by atoms with van der Waals surface area (Å²) in [6, 6.07) is 7.26. The number of ether oxygens (including phenoxy) is 1. The molecule has 1 heterocycles. The highest BCUT2D eigenvalue weighted by Gasteiger charge is 2.20. The third-order valence-electron chi connectivity index (χ3n) is 2.92. The zero-order chi connectivity index (χ0) is 13.8. The van der Waals surface area contributed by atoms with Crippen LogP contribution in [0.5, 0.6) is 5.75 Å². The fourth-order valence-corrected chi connectivity index (χ4v) is 2.06. The molecule has 0 aliphatic heterocycles. The predicted octanol–water partition coefficient (Wildman–Crippen LogP) is 3.28. The monoisotopic (exact) mass is 259 g/mol. The van der Waals surface area contributed by atoms with Gasteiger partial charge in [0.05, 0.1) is 17.8 Å². The van der Waals surface area contributed by atoms with E-state index in [1.807, 2.05) is 32.0 Å². The number of aromatic nitrogens is 1. The largest absolute Gasteiger partial charge is 0.491 e. The van der Waals surface area contributed by atoms with E-state index in [-0.39, 0.29) is 5.56 Å². The lowest BCUT2D eigenvalue weighted by Gasteiger charge is -2.14. The van der Waals surface area contributed by atoms with Crippen LogP contribution in [0.2, 0.25) is 0 Å². The minimum Gasteiger partial charge on any atom is -0.491 e. The molecule has 100 valence electrons. The normalized spacial score (nSPS) is 10.6. The van der Waals surface area contributed by atoms with E-state index in [0.29, 0.717) is 35.4 Å². The lowest BCUT2D eigenvalue weighted by Crippen LogP contribution is -2.09. The van der Waals surface area contributed by atoms with Gasteiger partial charge in [-0.2, -0.15) is 0 Å². The van der Waals surface area contributed by atoms with E-state index in [1.165, 1.54) is 0 Å². The molecule has 4 heteroatoms. The second-order valence-electron chi connectivity index (χ2n) is 4.29. The molecule has 0 aliphatic carbocycles. The Morgan fingerprint density at radius 3 is 2.68 bits per heavy atom. The van der Waals surface area contributed by atoms with Gasteiger partial charge >= 0.3 is 5.97 Å². The topological polar surface area (TPSA) is 59.4 Å². The van der Waals surface area contributed by atoms with E-state index in [2.05, 4.69) is 4.98 Å². The van der Waals surface area contributed by atoms with Gasteiger partial charge in [-0.1, -0.05) is 32.0 Å². The number of carbonyl (C=O) groups is 1. The minimum atomic E-state index is -0.973. The number of pyridine rings is 1. The molecule has 2 aromatic rings. The summed E-state index contributed by atoms with van der Waals surface area (Å²) in [6.45, 7) is 4.43. The molecule has 0 bridgehead atoms. The highest BCUT2D eigenvalue weighted by atomic mass is 16.5. The quantitative estimate of drug-likeness (QED) is 0.895. The maximum absolute atomic E-state index is 11.6. The van der Waals surface area contributed by atoms with E-state index in [4.69, 9.17) is 4.74 Å². The number of fused-ring (bicyclic) bond motifs is 1.